The molecule has 0 aromatic carbocycles. The summed E-state index contributed by atoms with van der Waals surface area (Å²) in [6.07, 6.45) is 6.87. The second kappa shape index (κ2) is 5.32. The van der Waals surface area contributed by atoms with E-state index in [4.69, 9.17) is 0 Å². The number of hydrogen-bond donors (Lipinski definition) is 1. The van der Waals surface area contributed by atoms with Crippen LogP contribution in [0.3, 0.4) is 0 Å². The first-order chi connectivity index (χ1) is 8.78. The van der Waals surface area contributed by atoms with Crippen LogP contribution in [-0.4, -0.2) is 36.1 Å². The molecule has 1 N–H and O–H groups in total. The lowest BCUT2D eigenvalue weighted by atomic mass is 9.91. The molecule has 2 aliphatic rings. The first-order valence-electron chi connectivity index (χ1n) is 7.29. The van der Waals surface area contributed by atoms with Crippen LogP contribution in [0.1, 0.15) is 37.5 Å². The van der Waals surface area contributed by atoms with Crippen molar-refractivity contribution in [1.82, 2.24) is 10.2 Å². The molecule has 2 fully saturated rings. The average molecular weight is 264 g/mol. The van der Waals surface area contributed by atoms with Crippen molar-refractivity contribution in [1.29, 1.82) is 0 Å². The Morgan fingerprint density at radius 1 is 1.44 bits per heavy atom. The van der Waals surface area contributed by atoms with Gasteiger partial charge in [-0.15, -0.1) is 11.3 Å². The molecule has 2 nitrogen and oxygen atoms in total. The van der Waals surface area contributed by atoms with E-state index in [9.17, 15) is 0 Å². The van der Waals surface area contributed by atoms with Crippen molar-refractivity contribution in [2.24, 2.45) is 0 Å². The van der Waals surface area contributed by atoms with Gasteiger partial charge in [0.25, 0.3) is 0 Å². The fourth-order valence-corrected chi connectivity index (χ4v) is 4.32. The van der Waals surface area contributed by atoms with Gasteiger partial charge in [0.15, 0.2) is 0 Å². The number of piperazine rings is 1. The van der Waals surface area contributed by atoms with Gasteiger partial charge < -0.3 is 5.32 Å². The maximum atomic E-state index is 3.70. The predicted molar refractivity (Wildman–Crippen MR) is 78.3 cm³/mol. The lowest BCUT2D eigenvalue weighted by Gasteiger charge is -2.47. The summed E-state index contributed by atoms with van der Waals surface area (Å²) >= 11 is 1.90. The second-order valence-electron chi connectivity index (χ2n) is 5.99. The third-order valence-corrected chi connectivity index (χ3v) is 5.62. The fraction of sp³-hybridized carbons (Fsp3) is 0.733. The van der Waals surface area contributed by atoms with Crippen LogP contribution >= 0.6 is 11.3 Å². The normalized spacial score (nSPS) is 27.9. The standard InChI is InChI=1S/C15H24N2S/c1-13-11-17(9-6-14-5-4-10-18-14)15(12-16-13)7-2-3-8-15/h4-5,10,13,16H,2-3,6-9,11-12H2,1H3. The summed E-state index contributed by atoms with van der Waals surface area (Å²) in [5.74, 6) is 0. The van der Waals surface area contributed by atoms with Crippen molar-refractivity contribution in [3.63, 3.8) is 0 Å². The van der Waals surface area contributed by atoms with Gasteiger partial charge in [-0.3, -0.25) is 4.90 Å². The molecule has 1 unspecified atom stereocenters. The highest BCUT2D eigenvalue weighted by molar-refractivity contribution is 7.09. The second-order valence-corrected chi connectivity index (χ2v) is 7.02. The summed E-state index contributed by atoms with van der Waals surface area (Å²) < 4.78 is 0. The third kappa shape index (κ3) is 2.49. The quantitative estimate of drug-likeness (QED) is 0.903. The summed E-state index contributed by atoms with van der Waals surface area (Å²) in [4.78, 5) is 4.33. The van der Waals surface area contributed by atoms with E-state index in [0.29, 0.717) is 11.6 Å². The van der Waals surface area contributed by atoms with E-state index >= 15 is 0 Å². The molecular weight excluding hydrogens is 240 g/mol. The van der Waals surface area contributed by atoms with Crippen molar-refractivity contribution in [3.05, 3.63) is 22.4 Å². The van der Waals surface area contributed by atoms with Gasteiger partial charge in [0, 0.05) is 36.1 Å². The van der Waals surface area contributed by atoms with E-state index in [0.717, 1.165) is 0 Å². The van der Waals surface area contributed by atoms with Crippen LogP contribution in [0.4, 0.5) is 0 Å². The third-order valence-electron chi connectivity index (χ3n) is 4.69. The van der Waals surface area contributed by atoms with E-state index in [2.05, 4.69) is 34.7 Å². The predicted octanol–water partition coefficient (Wildman–Crippen LogP) is 2.90. The summed E-state index contributed by atoms with van der Waals surface area (Å²) in [6.45, 7) is 6.00. The molecule has 3 heteroatoms. The average Bonchev–Trinajstić information content (AvgIpc) is 3.03. The van der Waals surface area contributed by atoms with Crippen LogP contribution in [0.2, 0.25) is 0 Å². The van der Waals surface area contributed by atoms with E-state index in [-0.39, 0.29) is 0 Å². The maximum Gasteiger partial charge on any atom is 0.0334 e. The van der Waals surface area contributed by atoms with Crippen molar-refractivity contribution < 1.29 is 0 Å². The van der Waals surface area contributed by atoms with Crippen LogP contribution in [-0.2, 0) is 6.42 Å². The van der Waals surface area contributed by atoms with Crippen LogP contribution < -0.4 is 5.32 Å². The first-order valence-corrected chi connectivity index (χ1v) is 8.17. The first kappa shape index (κ1) is 12.6. The van der Waals surface area contributed by atoms with Gasteiger partial charge in [0.2, 0.25) is 0 Å². The van der Waals surface area contributed by atoms with Crippen LogP contribution in [0.15, 0.2) is 17.5 Å². The van der Waals surface area contributed by atoms with Crippen LogP contribution in [0.5, 0.6) is 0 Å². The van der Waals surface area contributed by atoms with Crippen LogP contribution in [0.25, 0.3) is 0 Å². The van der Waals surface area contributed by atoms with Gasteiger partial charge in [0.05, 0.1) is 0 Å². The molecule has 1 saturated carbocycles. The van der Waals surface area contributed by atoms with E-state index in [1.54, 1.807) is 0 Å². The topological polar surface area (TPSA) is 15.3 Å². The molecule has 0 radical (unpaired) electrons. The summed E-state index contributed by atoms with van der Waals surface area (Å²) in [5, 5.41) is 5.89. The molecule has 2 heterocycles. The Labute approximate surface area is 114 Å². The van der Waals surface area contributed by atoms with Crippen molar-refractivity contribution in [2.45, 2.75) is 50.6 Å². The van der Waals surface area contributed by atoms with Gasteiger partial charge in [-0.05, 0) is 37.6 Å². The summed E-state index contributed by atoms with van der Waals surface area (Å²) in [5.41, 5.74) is 0.490. The molecule has 1 aliphatic carbocycles. The molecule has 0 amide bonds. The Bertz CT molecular complexity index is 368. The molecule has 0 bridgehead atoms. The lowest BCUT2D eigenvalue weighted by molar-refractivity contribution is 0.0479. The Hall–Kier alpha value is -0.380. The maximum absolute atomic E-state index is 3.70. The highest BCUT2D eigenvalue weighted by Gasteiger charge is 2.42. The molecule has 1 spiro atoms. The largest absolute Gasteiger partial charge is 0.311 e. The molecule has 1 aromatic heterocycles. The smallest absolute Gasteiger partial charge is 0.0334 e. The molecular formula is C15H24N2S. The van der Waals surface area contributed by atoms with Gasteiger partial charge in [0.1, 0.15) is 0 Å². The minimum absolute atomic E-state index is 0.490. The Kier molecular flexibility index (Phi) is 3.73. The zero-order valence-corrected chi connectivity index (χ0v) is 12.1. The number of hydrogen-bond acceptors (Lipinski definition) is 3. The minimum Gasteiger partial charge on any atom is -0.311 e. The van der Waals surface area contributed by atoms with E-state index < -0.39 is 0 Å². The SMILES string of the molecule is CC1CN(CCc2cccs2)C2(CCCC2)CN1. The molecule has 1 atom stereocenters. The van der Waals surface area contributed by atoms with Crippen molar-refractivity contribution in [2.75, 3.05) is 19.6 Å². The minimum atomic E-state index is 0.490. The molecule has 18 heavy (non-hydrogen) atoms. The zero-order valence-electron chi connectivity index (χ0n) is 11.3. The highest BCUT2D eigenvalue weighted by Crippen LogP contribution is 2.36. The van der Waals surface area contributed by atoms with Gasteiger partial charge in [-0.1, -0.05) is 18.9 Å². The molecule has 3 rings (SSSR count). The Balaban J connectivity index is 1.66. The molecule has 1 aromatic rings. The lowest BCUT2D eigenvalue weighted by Crippen LogP contribution is -2.63. The van der Waals surface area contributed by atoms with Gasteiger partial charge in [-0.25, -0.2) is 0 Å². The van der Waals surface area contributed by atoms with Crippen molar-refractivity contribution >= 4 is 11.3 Å². The fourth-order valence-electron chi connectivity index (χ4n) is 3.62. The number of nitrogens with zero attached hydrogens (tertiary/aromatic N) is 1. The molecule has 1 aliphatic heterocycles. The van der Waals surface area contributed by atoms with E-state index in [1.165, 1.54) is 56.6 Å². The highest BCUT2D eigenvalue weighted by atomic mass is 32.1. The zero-order chi connectivity index (χ0) is 12.4. The van der Waals surface area contributed by atoms with E-state index in [1.807, 2.05) is 11.3 Å². The Morgan fingerprint density at radius 2 is 2.28 bits per heavy atom. The number of nitrogens with one attached hydrogen (secondary N) is 1. The van der Waals surface area contributed by atoms with Crippen molar-refractivity contribution in [3.8, 4) is 0 Å². The summed E-state index contributed by atoms with van der Waals surface area (Å²) in [6, 6.07) is 5.10. The summed E-state index contributed by atoms with van der Waals surface area (Å²) in [7, 11) is 0. The van der Waals surface area contributed by atoms with Gasteiger partial charge >= 0.3 is 0 Å². The Morgan fingerprint density at radius 3 is 3.00 bits per heavy atom. The number of rotatable bonds is 3. The van der Waals surface area contributed by atoms with Gasteiger partial charge in [-0.2, -0.15) is 0 Å². The number of thiophene rings is 1. The monoisotopic (exact) mass is 264 g/mol. The van der Waals surface area contributed by atoms with Crippen LogP contribution in [0, 0.1) is 0 Å². The molecule has 100 valence electrons. The molecule has 1 saturated heterocycles.